The van der Waals surface area contributed by atoms with E-state index in [0.29, 0.717) is 5.95 Å². The second-order valence-corrected chi connectivity index (χ2v) is 7.07. The predicted octanol–water partition coefficient (Wildman–Crippen LogP) is 3.67. The lowest BCUT2D eigenvalue weighted by atomic mass is 9.87. The first-order valence-corrected chi connectivity index (χ1v) is 8.56. The summed E-state index contributed by atoms with van der Waals surface area (Å²) in [6.07, 6.45) is 8.19. The molecule has 0 radical (unpaired) electrons. The second-order valence-electron chi connectivity index (χ2n) is 5.84. The van der Waals surface area contributed by atoms with E-state index in [2.05, 4.69) is 33.7 Å². The highest BCUT2D eigenvalue weighted by molar-refractivity contribution is 7.18. The quantitative estimate of drug-likeness (QED) is 0.580. The highest BCUT2D eigenvalue weighted by Crippen LogP contribution is 2.30. The second kappa shape index (κ2) is 6.58. The minimum Gasteiger partial charge on any atom is -0.369 e. The predicted molar refractivity (Wildman–Crippen MR) is 89.6 cm³/mol. The highest BCUT2D eigenvalue weighted by atomic mass is 32.1. The molecule has 1 aliphatic rings. The van der Waals surface area contributed by atoms with Gasteiger partial charge in [-0.05, 0) is 25.3 Å². The molecule has 2 aromatic rings. The summed E-state index contributed by atoms with van der Waals surface area (Å²) in [6.45, 7) is 3.06. The van der Waals surface area contributed by atoms with E-state index >= 15 is 0 Å². The van der Waals surface area contributed by atoms with Gasteiger partial charge in [-0.25, -0.2) is 10.8 Å². The molecular formula is C15H23N5S. The lowest BCUT2D eigenvalue weighted by molar-refractivity contribution is 0.345. The number of rotatable bonds is 5. The molecule has 114 valence electrons. The number of thiophene rings is 1. The van der Waals surface area contributed by atoms with Crippen LogP contribution in [0.15, 0.2) is 6.07 Å². The molecule has 1 saturated carbocycles. The van der Waals surface area contributed by atoms with Crippen molar-refractivity contribution in [2.45, 2.75) is 45.4 Å². The van der Waals surface area contributed by atoms with Crippen LogP contribution in [0.1, 0.15) is 43.4 Å². The van der Waals surface area contributed by atoms with Crippen molar-refractivity contribution in [3.8, 4) is 0 Å². The number of nitrogens with zero attached hydrogens (tertiary/aromatic N) is 2. The molecular weight excluding hydrogens is 282 g/mol. The van der Waals surface area contributed by atoms with Gasteiger partial charge in [0.15, 0.2) is 0 Å². The number of hydrogen-bond donors (Lipinski definition) is 3. The molecule has 5 nitrogen and oxygen atoms in total. The highest BCUT2D eigenvalue weighted by Gasteiger charge is 2.14. The van der Waals surface area contributed by atoms with Crippen molar-refractivity contribution in [2.75, 3.05) is 17.3 Å². The minimum atomic E-state index is 0.476. The fourth-order valence-corrected chi connectivity index (χ4v) is 3.99. The Kier molecular flexibility index (Phi) is 4.55. The van der Waals surface area contributed by atoms with Gasteiger partial charge in [0.25, 0.3) is 0 Å². The third-order valence-electron chi connectivity index (χ3n) is 4.21. The van der Waals surface area contributed by atoms with Gasteiger partial charge in [-0.3, -0.25) is 5.43 Å². The summed E-state index contributed by atoms with van der Waals surface area (Å²) in [5.74, 6) is 7.71. The molecule has 0 amide bonds. The average Bonchev–Trinajstić information content (AvgIpc) is 2.88. The van der Waals surface area contributed by atoms with Crippen molar-refractivity contribution >= 4 is 33.3 Å². The molecule has 0 unspecified atom stereocenters. The Morgan fingerprint density at radius 1 is 1.29 bits per heavy atom. The van der Waals surface area contributed by atoms with Crippen LogP contribution in [0.4, 0.5) is 11.8 Å². The molecule has 0 aliphatic heterocycles. The van der Waals surface area contributed by atoms with Crippen molar-refractivity contribution in [3.63, 3.8) is 0 Å². The van der Waals surface area contributed by atoms with E-state index < -0.39 is 0 Å². The van der Waals surface area contributed by atoms with Crippen LogP contribution in [0, 0.1) is 12.8 Å². The number of anilines is 2. The number of hydrazine groups is 1. The summed E-state index contributed by atoms with van der Waals surface area (Å²) in [5, 5.41) is 4.58. The molecule has 0 atom stereocenters. The van der Waals surface area contributed by atoms with Crippen LogP contribution in [-0.4, -0.2) is 16.5 Å². The maximum Gasteiger partial charge on any atom is 0.240 e. The van der Waals surface area contributed by atoms with Crippen LogP contribution in [0.25, 0.3) is 10.2 Å². The standard InChI is InChI=1S/C15H23N5S/c1-10-9-12-13(18-15(20-16)19-14(12)21-10)17-8-7-11-5-3-2-4-6-11/h9,11H,2-8,16H2,1H3,(H2,17,18,19,20). The number of aromatic nitrogens is 2. The van der Waals surface area contributed by atoms with Crippen LogP contribution in [0.3, 0.4) is 0 Å². The zero-order valence-corrected chi connectivity index (χ0v) is 13.3. The number of nitrogens with one attached hydrogen (secondary N) is 2. The largest absolute Gasteiger partial charge is 0.369 e. The first-order chi connectivity index (χ1) is 10.3. The number of hydrogen-bond acceptors (Lipinski definition) is 6. The summed E-state index contributed by atoms with van der Waals surface area (Å²) in [4.78, 5) is 11.1. The number of nitrogens with two attached hydrogens (primary N) is 1. The molecule has 21 heavy (non-hydrogen) atoms. The number of nitrogen functional groups attached to an aromatic ring is 1. The van der Waals surface area contributed by atoms with Crippen LogP contribution < -0.4 is 16.6 Å². The molecule has 0 aromatic carbocycles. The van der Waals surface area contributed by atoms with Crippen molar-refractivity contribution < 1.29 is 0 Å². The lowest BCUT2D eigenvalue weighted by Gasteiger charge is -2.21. The van der Waals surface area contributed by atoms with Gasteiger partial charge in [0, 0.05) is 11.4 Å². The fraction of sp³-hybridized carbons (Fsp3) is 0.600. The van der Waals surface area contributed by atoms with Gasteiger partial charge in [-0.15, -0.1) is 11.3 Å². The van der Waals surface area contributed by atoms with Crippen LogP contribution in [0.5, 0.6) is 0 Å². The molecule has 0 saturated heterocycles. The Morgan fingerprint density at radius 2 is 2.10 bits per heavy atom. The van der Waals surface area contributed by atoms with E-state index in [-0.39, 0.29) is 0 Å². The van der Waals surface area contributed by atoms with Crippen molar-refractivity contribution in [2.24, 2.45) is 11.8 Å². The normalized spacial score (nSPS) is 16.3. The Balaban J connectivity index is 1.70. The smallest absolute Gasteiger partial charge is 0.240 e. The third kappa shape index (κ3) is 3.44. The molecule has 2 heterocycles. The summed E-state index contributed by atoms with van der Waals surface area (Å²) >= 11 is 1.67. The maximum atomic E-state index is 5.46. The van der Waals surface area contributed by atoms with Gasteiger partial charge in [0.1, 0.15) is 10.6 Å². The van der Waals surface area contributed by atoms with Gasteiger partial charge >= 0.3 is 0 Å². The Hall–Kier alpha value is -1.40. The minimum absolute atomic E-state index is 0.476. The van der Waals surface area contributed by atoms with Crippen molar-refractivity contribution in [1.29, 1.82) is 0 Å². The van der Waals surface area contributed by atoms with Gasteiger partial charge in [0.05, 0.1) is 5.39 Å². The lowest BCUT2D eigenvalue weighted by Crippen LogP contribution is -2.15. The first-order valence-electron chi connectivity index (χ1n) is 7.75. The molecule has 0 spiro atoms. The molecule has 3 rings (SSSR count). The van der Waals surface area contributed by atoms with E-state index in [1.54, 1.807) is 11.3 Å². The van der Waals surface area contributed by atoms with Crippen LogP contribution >= 0.6 is 11.3 Å². The van der Waals surface area contributed by atoms with Crippen molar-refractivity contribution in [3.05, 3.63) is 10.9 Å². The van der Waals surface area contributed by atoms with E-state index in [4.69, 9.17) is 5.84 Å². The maximum absolute atomic E-state index is 5.46. The van der Waals surface area contributed by atoms with Gasteiger partial charge < -0.3 is 5.32 Å². The third-order valence-corrected chi connectivity index (χ3v) is 5.16. The van der Waals surface area contributed by atoms with Gasteiger partial charge in [-0.1, -0.05) is 32.1 Å². The molecule has 1 fully saturated rings. The first kappa shape index (κ1) is 14.5. The topological polar surface area (TPSA) is 75.9 Å². The van der Waals surface area contributed by atoms with E-state index in [9.17, 15) is 0 Å². The van der Waals surface area contributed by atoms with Crippen LogP contribution in [0.2, 0.25) is 0 Å². The summed E-state index contributed by atoms with van der Waals surface area (Å²) in [7, 11) is 0. The summed E-state index contributed by atoms with van der Waals surface area (Å²) in [6, 6.07) is 2.14. The molecule has 6 heteroatoms. The SMILES string of the molecule is Cc1cc2c(NCCC3CCCCC3)nc(NN)nc2s1. The molecule has 0 bridgehead atoms. The molecule has 2 aromatic heterocycles. The Morgan fingerprint density at radius 3 is 2.86 bits per heavy atom. The fourth-order valence-electron chi connectivity index (χ4n) is 3.11. The van der Waals surface area contributed by atoms with Gasteiger partial charge in [-0.2, -0.15) is 4.98 Å². The number of aryl methyl sites for hydroxylation is 1. The monoisotopic (exact) mass is 305 g/mol. The van der Waals surface area contributed by atoms with E-state index in [1.165, 1.54) is 43.4 Å². The Bertz CT molecular complexity index is 603. The van der Waals surface area contributed by atoms with E-state index in [1.807, 2.05) is 0 Å². The summed E-state index contributed by atoms with van der Waals surface area (Å²) < 4.78 is 0. The van der Waals surface area contributed by atoms with Gasteiger partial charge in [0.2, 0.25) is 5.95 Å². The number of fused-ring (bicyclic) bond motifs is 1. The Labute approximate surface area is 129 Å². The average molecular weight is 305 g/mol. The summed E-state index contributed by atoms with van der Waals surface area (Å²) in [5.41, 5.74) is 2.55. The molecule has 1 aliphatic carbocycles. The zero-order chi connectivity index (χ0) is 14.7. The van der Waals surface area contributed by atoms with Crippen molar-refractivity contribution in [1.82, 2.24) is 9.97 Å². The van der Waals surface area contributed by atoms with E-state index in [0.717, 1.165) is 28.5 Å². The zero-order valence-electron chi connectivity index (χ0n) is 12.5. The van der Waals surface area contributed by atoms with Crippen LogP contribution in [-0.2, 0) is 0 Å². The molecule has 4 N–H and O–H groups in total.